The van der Waals surface area contributed by atoms with Crippen LogP contribution < -0.4 is 10.6 Å². The van der Waals surface area contributed by atoms with E-state index in [0.717, 1.165) is 30.1 Å². The highest BCUT2D eigenvalue weighted by atomic mass is 32.2. The molecule has 3 N–H and O–H groups in total. The summed E-state index contributed by atoms with van der Waals surface area (Å²) in [5, 5.41) is 8.18. The van der Waals surface area contributed by atoms with Crippen LogP contribution in [0.4, 0.5) is 5.69 Å². The van der Waals surface area contributed by atoms with E-state index in [1.807, 2.05) is 17.8 Å². The molecule has 1 saturated heterocycles. The van der Waals surface area contributed by atoms with Crippen molar-refractivity contribution >= 4 is 23.3 Å². The van der Waals surface area contributed by atoms with E-state index in [1.54, 1.807) is 12.4 Å². The Balaban J connectivity index is 2.28. The smallest absolute Gasteiger partial charge is 0.125 e. The summed E-state index contributed by atoms with van der Waals surface area (Å²) in [6, 6.07) is 1.81. The summed E-state index contributed by atoms with van der Waals surface area (Å²) in [7, 11) is 0. The summed E-state index contributed by atoms with van der Waals surface area (Å²) in [6.07, 6.45) is 3.49. The van der Waals surface area contributed by atoms with Crippen LogP contribution in [0.25, 0.3) is 0 Å². The first-order chi connectivity index (χ1) is 7.68. The Hall–Kier alpha value is -1.23. The van der Waals surface area contributed by atoms with Gasteiger partial charge in [0.25, 0.3) is 0 Å². The molecule has 0 radical (unpaired) electrons. The standard InChI is InChI=1S/C11H16N4S/c1-8-7-15(4-5-16-8)10-6-14-3-2-9(10)11(12)13/h2-3,6,8H,4-5,7H2,1H3,(H3,12,13). The second-order valence-corrected chi connectivity index (χ2v) is 5.48. The van der Waals surface area contributed by atoms with Crippen molar-refractivity contribution in [3.63, 3.8) is 0 Å². The largest absolute Gasteiger partial charge is 0.384 e. The summed E-state index contributed by atoms with van der Waals surface area (Å²) < 4.78 is 0. The van der Waals surface area contributed by atoms with Crippen molar-refractivity contribution in [2.24, 2.45) is 5.73 Å². The molecule has 1 aromatic rings. The third kappa shape index (κ3) is 2.29. The van der Waals surface area contributed by atoms with E-state index in [1.165, 1.54) is 0 Å². The molecule has 0 amide bonds. The lowest BCUT2D eigenvalue weighted by atomic mass is 10.2. The number of hydrogen-bond donors (Lipinski definition) is 2. The molecule has 2 heterocycles. The van der Waals surface area contributed by atoms with E-state index >= 15 is 0 Å². The highest BCUT2D eigenvalue weighted by Gasteiger charge is 2.19. The summed E-state index contributed by atoms with van der Waals surface area (Å²) in [5.74, 6) is 1.23. The van der Waals surface area contributed by atoms with Crippen molar-refractivity contribution in [3.8, 4) is 0 Å². The van der Waals surface area contributed by atoms with Gasteiger partial charge in [0.15, 0.2) is 0 Å². The van der Waals surface area contributed by atoms with Gasteiger partial charge in [0, 0.05) is 35.9 Å². The number of anilines is 1. The second-order valence-electron chi connectivity index (χ2n) is 3.93. The lowest BCUT2D eigenvalue weighted by Gasteiger charge is -2.33. The minimum Gasteiger partial charge on any atom is -0.384 e. The van der Waals surface area contributed by atoms with Gasteiger partial charge in [-0.05, 0) is 6.07 Å². The fraction of sp³-hybridized carbons (Fsp3) is 0.455. The number of nitrogens with zero attached hydrogens (tertiary/aromatic N) is 2. The molecule has 4 nitrogen and oxygen atoms in total. The van der Waals surface area contributed by atoms with E-state index in [2.05, 4.69) is 16.8 Å². The number of aromatic nitrogens is 1. The Morgan fingerprint density at radius 3 is 3.19 bits per heavy atom. The molecule has 16 heavy (non-hydrogen) atoms. The maximum Gasteiger partial charge on any atom is 0.125 e. The van der Waals surface area contributed by atoms with E-state index in [-0.39, 0.29) is 5.84 Å². The van der Waals surface area contributed by atoms with Crippen molar-refractivity contribution in [3.05, 3.63) is 24.0 Å². The van der Waals surface area contributed by atoms with E-state index in [4.69, 9.17) is 11.1 Å². The van der Waals surface area contributed by atoms with E-state index < -0.39 is 0 Å². The van der Waals surface area contributed by atoms with Gasteiger partial charge in [-0.2, -0.15) is 11.8 Å². The molecule has 1 fully saturated rings. The summed E-state index contributed by atoms with van der Waals surface area (Å²) >= 11 is 1.98. The highest BCUT2D eigenvalue weighted by molar-refractivity contribution is 8.00. The SMILES string of the molecule is CC1CN(c2cnccc2C(=N)N)CCS1. The number of hydrogen-bond acceptors (Lipinski definition) is 4. The Labute approximate surface area is 99.7 Å². The third-order valence-corrected chi connectivity index (χ3v) is 3.81. The zero-order valence-electron chi connectivity index (χ0n) is 9.31. The van der Waals surface area contributed by atoms with Crippen molar-refractivity contribution in [1.82, 2.24) is 4.98 Å². The van der Waals surface area contributed by atoms with Gasteiger partial charge in [-0.3, -0.25) is 10.4 Å². The van der Waals surface area contributed by atoms with Crippen LogP contribution in [0.2, 0.25) is 0 Å². The summed E-state index contributed by atoms with van der Waals surface area (Å²) in [5.41, 5.74) is 7.35. The van der Waals surface area contributed by atoms with Crippen LogP contribution in [0, 0.1) is 5.41 Å². The Morgan fingerprint density at radius 2 is 2.50 bits per heavy atom. The number of thioether (sulfide) groups is 1. The molecule has 0 spiro atoms. The first kappa shape index (κ1) is 11.3. The number of nitrogens with one attached hydrogen (secondary N) is 1. The Kier molecular flexibility index (Phi) is 3.33. The van der Waals surface area contributed by atoms with Crippen LogP contribution >= 0.6 is 11.8 Å². The fourth-order valence-corrected chi connectivity index (χ4v) is 2.92. The normalized spacial score (nSPS) is 20.8. The van der Waals surface area contributed by atoms with Crippen LogP contribution in [0.1, 0.15) is 12.5 Å². The van der Waals surface area contributed by atoms with Gasteiger partial charge in [-0.25, -0.2) is 0 Å². The number of amidine groups is 1. The molecule has 5 heteroatoms. The maximum absolute atomic E-state index is 7.56. The predicted molar refractivity (Wildman–Crippen MR) is 69.4 cm³/mol. The van der Waals surface area contributed by atoms with Gasteiger partial charge in [-0.1, -0.05) is 6.92 Å². The third-order valence-electron chi connectivity index (χ3n) is 2.67. The molecule has 1 aliphatic heterocycles. The van der Waals surface area contributed by atoms with Crippen molar-refractivity contribution < 1.29 is 0 Å². The molecule has 1 aliphatic rings. The fourth-order valence-electron chi connectivity index (χ4n) is 1.90. The minimum atomic E-state index is 0.114. The van der Waals surface area contributed by atoms with Crippen molar-refractivity contribution in [2.45, 2.75) is 12.2 Å². The highest BCUT2D eigenvalue weighted by Crippen LogP contribution is 2.25. The van der Waals surface area contributed by atoms with Gasteiger partial charge in [0.05, 0.1) is 11.9 Å². The predicted octanol–water partition coefficient (Wildman–Crippen LogP) is 1.31. The number of nitrogens with two attached hydrogens (primary N) is 1. The van der Waals surface area contributed by atoms with Crippen LogP contribution in [0.15, 0.2) is 18.5 Å². The molecule has 86 valence electrons. The lowest BCUT2D eigenvalue weighted by molar-refractivity contribution is 0.780. The van der Waals surface area contributed by atoms with Gasteiger partial charge >= 0.3 is 0 Å². The molecule has 0 aromatic carbocycles. The zero-order chi connectivity index (χ0) is 11.5. The lowest BCUT2D eigenvalue weighted by Crippen LogP contribution is -2.37. The molecular weight excluding hydrogens is 220 g/mol. The van der Waals surface area contributed by atoms with Gasteiger partial charge in [0.2, 0.25) is 0 Å². The number of nitrogen functional groups attached to an aromatic ring is 1. The zero-order valence-corrected chi connectivity index (χ0v) is 10.1. The maximum atomic E-state index is 7.56. The average molecular weight is 236 g/mol. The molecule has 0 saturated carbocycles. The van der Waals surface area contributed by atoms with Crippen LogP contribution in [-0.4, -0.2) is 34.9 Å². The van der Waals surface area contributed by atoms with Crippen LogP contribution in [0.5, 0.6) is 0 Å². The number of pyridine rings is 1. The van der Waals surface area contributed by atoms with Gasteiger partial charge in [0.1, 0.15) is 5.84 Å². The molecule has 1 atom stereocenters. The summed E-state index contributed by atoms with van der Waals surface area (Å²) in [4.78, 5) is 6.40. The average Bonchev–Trinajstić information content (AvgIpc) is 2.29. The molecule has 0 bridgehead atoms. The minimum absolute atomic E-state index is 0.114. The number of rotatable bonds is 2. The summed E-state index contributed by atoms with van der Waals surface area (Å²) in [6.45, 7) is 4.22. The van der Waals surface area contributed by atoms with E-state index in [9.17, 15) is 0 Å². The first-order valence-corrected chi connectivity index (χ1v) is 6.38. The molecule has 0 aliphatic carbocycles. The van der Waals surface area contributed by atoms with Crippen LogP contribution in [0.3, 0.4) is 0 Å². The van der Waals surface area contributed by atoms with Crippen LogP contribution in [-0.2, 0) is 0 Å². The monoisotopic (exact) mass is 236 g/mol. The molecule has 1 aromatic heterocycles. The molecule has 1 unspecified atom stereocenters. The Bertz CT molecular complexity index is 393. The van der Waals surface area contributed by atoms with Crippen molar-refractivity contribution in [1.29, 1.82) is 5.41 Å². The van der Waals surface area contributed by atoms with Crippen molar-refractivity contribution in [2.75, 3.05) is 23.7 Å². The molecular formula is C11H16N4S. The first-order valence-electron chi connectivity index (χ1n) is 5.33. The van der Waals surface area contributed by atoms with Gasteiger partial charge in [-0.15, -0.1) is 0 Å². The topological polar surface area (TPSA) is 66.0 Å². The quantitative estimate of drug-likeness (QED) is 0.600. The Morgan fingerprint density at radius 1 is 1.69 bits per heavy atom. The molecule has 2 rings (SSSR count). The van der Waals surface area contributed by atoms with Gasteiger partial charge < -0.3 is 10.6 Å². The second kappa shape index (κ2) is 4.74. The van der Waals surface area contributed by atoms with E-state index in [0.29, 0.717) is 5.25 Å².